The maximum Gasteiger partial charge on any atom is 0.220 e. The highest BCUT2D eigenvalue weighted by Crippen LogP contribution is 2.36. The number of aliphatic hydroxyl groups is 1. The van der Waals surface area contributed by atoms with Crippen LogP contribution in [0.25, 0.3) is 65.8 Å². The highest BCUT2D eigenvalue weighted by atomic mass is 19.1. The number of hydrogen-bond acceptors (Lipinski definition) is 20. The number of rotatable bonds is 19. The van der Waals surface area contributed by atoms with Gasteiger partial charge in [-0.3, -0.25) is 38.8 Å². The van der Waals surface area contributed by atoms with Crippen molar-refractivity contribution in [1.29, 1.82) is 0 Å². The number of carbonyl (C=O) groups is 2. The van der Waals surface area contributed by atoms with E-state index in [0.717, 1.165) is 112 Å². The van der Waals surface area contributed by atoms with Gasteiger partial charge in [-0.15, -0.1) is 0 Å². The number of pyridine rings is 2. The minimum Gasteiger partial charge on any atom is -0.506 e. The Bertz CT molecular complexity index is 5520. The topological polar surface area (TPSA) is 265 Å². The van der Waals surface area contributed by atoms with Gasteiger partial charge in [0, 0.05) is 79.2 Å². The number of hydrogen-bond donors (Lipinski definition) is 4. The lowest BCUT2D eigenvalue weighted by Crippen LogP contribution is -2.40. The summed E-state index contributed by atoms with van der Waals surface area (Å²) in [5.41, 5.74) is 6.21. The number of carbonyl (C=O) groups excluding carboxylic acids is 2. The summed E-state index contributed by atoms with van der Waals surface area (Å²) < 4.78 is 70.0. The van der Waals surface area contributed by atoms with Gasteiger partial charge in [0.05, 0.1) is 51.3 Å². The number of benzene rings is 6. The zero-order chi connectivity index (χ0) is 84.3. The molecule has 0 bridgehead atoms. The van der Waals surface area contributed by atoms with E-state index in [4.69, 9.17) is 42.4 Å². The molecule has 120 heavy (non-hydrogen) atoms. The molecule has 4 unspecified atom stereocenters. The van der Waals surface area contributed by atoms with Crippen molar-refractivity contribution < 1.29 is 60.8 Å². The van der Waals surface area contributed by atoms with Crippen LogP contribution in [0.2, 0.25) is 0 Å². The molecule has 2 aliphatic carbocycles. The fraction of sp³-hybridized carbons (Fsp3) is 0.469. The molecule has 2 saturated carbocycles. The van der Waals surface area contributed by atoms with Crippen LogP contribution in [0.5, 0.6) is 34.5 Å². The zero-order valence-electron chi connectivity index (χ0n) is 70.4. The molecule has 638 valence electrons. The first kappa shape index (κ1) is 87.4. The zero-order valence-corrected chi connectivity index (χ0v) is 70.4. The average Bonchev–Trinajstić information content (AvgIpc) is 0.850. The van der Waals surface area contributed by atoms with E-state index in [1.165, 1.54) is 120 Å². The Balaban J connectivity index is 0.000000139. The second-order valence-electron chi connectivity index (χ2n) is 33.4. The van der Waals surface area contributed by atoms with Crippen LogP contribution in [0.15, 0.2) is 155 Å². The molecule has 11 aromatic rings. The number of fused-ring (bicyclic) bond motifs is 6. The number of amides is 2. The molecule has 0 spiro atoms. The molecule has 4 N–H and O–H groups in total. The lowest BCUT2D eigenvalue weighted by Gasteiger charge is -2.32. The third-order valence-electron chi connectivity index (χ3n) is 24.1. The number of nitrogens with one attached hydrogen (secondary N) is 2. The molecule has 6 fully saturated rings. The second-order valence-corrected chi connectivity index (χ2v) is 33.4. The number of halogens is 2. The van der Waals surface area contributed by atoms with E-state index in [0.29, 0.717) is 159 Å². The Morgan fingerprint density at radius 1 is 0.442 bits per heavy atom. The van der Waals surface area contributed by atoms with Crippen molar-refractivity contribution in [2.24, 2.45) is 0 Å². The summed E-state index contributed by atoms with van der Waals surface area (Å²) in [6.45, 7) is 11.5. The van der Waals surface area contributed by atoms with Crippen LogP contribution >= 0.6 is 0 Å². The van der Waals surface area contributed by atoms with Crippen LogP contribution in [-0.4, -0.2) is 162 Å². The van der Waals surface area contributed by atoms with E-state index in [-0.39, 0.29) is 51.2 Å². The largest absolute Gasteiger partial charge is 0.506 e. The number of piperidine rings is 3. The summed E-state index contributed by atoms with van der Waals surface area (Å²) in [4.78, 5) is 80.7. The summed E-state index contributed by atoms with van der Waals surface area (Å²) in [6, 6.07) is 33.3. The molecule has 4 aliphatic heterocycles. The summed E-state index contributed by atoms with van der Waals surface area (Å²) >= 11 is 0. The number of aromatic hydroxyl groups is 1. The fourth-order valence-corrected chi connectivity index (χ4v) is 17.0. The Kier molecular flexibility index (Phi) is 30.4. The van der Waals surface area contributed by atoms with E-state index in [2.05, 4.69) is 68.4 Å². The summed E-state index contributed by atoms with van der Waals surface area (Å²) in [6.07, 6.45) is 29.5. The molecule has 4 atom stereocenters. The van der Waals surface area contributed by atoms with Crippen molar-refractivity contribution in [3.8, 4) is 34.5 Å². The van der Waals surface area contributed by atoms with Crippen molar-refractivity contribution in [3.63, 3.8) is 0 Å². The van der Waals surface area contributed by atoms with Crippen molar-refractivity contribution >= 4 is 77.6 Å². The first-order valence-electron chi connectivity index (χ1n) is 43.1. The SMILES string of the molecule is CN1CCCCC1CO.Cc1cc(OC2CCCCCN2C)c2oc3cc(F)ccc3c(=O)c2c1.Cc1cc(OCC2CCCCN2C)c2oc3cc(F)ccc3c(=O)c2c1.Cc1cc(OCC2CCCCN2C)c2oc3cc(Oc4ccc(CCC(=O)NC5CCCC5)nc4)ccc3c(=O)c2c1.O=C(CCc1ccc(O)cn1)NC1CCCC1. The molecule has 4 saturated heterocycles. The third-order valence-corrected chi connectivity index (χ3v) is 24.1. The van der Waals surface area contributed by atoms with Gasteiger partial charge in [0.15, 0.2) is 40.2 Å². The van der Waals surface area contributed by atoms with Gasteiger partial charge in [0.2, 0.25) is 28.1 Å². The first-order chi connectivity index (χ1) is 58.1. The van der Waals surface area contributed by atoms with Crippen LogP contribution in [0.1, 0.15) is 176 Å². The normalized spacial score (nSPS) is 19.0. The van der Waals surface area contributed by atoms with Crippen LogP contribution < -0.4 is 45.9 Å². The van der Waals surface area contributed by atoms with Gasteiger partial charge in [0.25, 0.3) is 0 Å². The number of likely N-dealkylation sites (N-methyl/N-ethyl adjacent to an activating group) is 3. The van der Waals surface area contributed by atoms with Gasteiger partial charge in [-0.2, -0.15) is 0 Å². The van der Waals surface area contributed by atoms with Crippen LogP contribution in [-0.2, 0) is 22.4 Å². The maximum atomic E-state index is 13.6. The molecule has 17 rings (SSSR count). The molecule has 6 aliphatic rings. The Morgan fingerprint density at radius 3 is 1.28 bits per heavy atom. The quantitative estimate of drug-likeness (QED) is 0.0548. The van der Waals surface area contributed by atoms with E-state index in [9.17, 15) is 32.8 Å². The van der Waals surface area contributed by atoms with Gasteiger partial charge in [-0.05, 0) is 279 Å². The van der Waals surface area contributed by atoms with Crippen LogP contribution in [0.3, 0.4) is 0 Å². The molecule has 0 radical (unpaired) electrons. The van der Waals surface area contributed by atoms with E-state index in [1.54, 1.807) is 48.7 Å². The number of aliphatic hydroxyl groups excluding tert-OH is 1. The average molecular weight is 1640 g/mol. The minimum atomic E-state index is -0.432. The molecule has 22 nitrogen and oxygen atoms in total. The van der Waals surface area contributed by atoms with Gasteiger partial charge in [-0.25, -0.2) is 8.78 Å². The Hall–Kier alpha value is -10.4. The highest BCUT2D eigenvalue weighted by Gasteiger charge is 2.27. The minimum absolute atomic E-state index is 0.0593. The Labute approximate surface area is 699 Å². The van der Waals surface area contributed by atoms with E-state index < -0.39 is 11.6 Å². The highest BCUT2D eigenvalue weighted by molar-refractivity contribution is 5.95. The van der Waals surface area contributed by atoms with Crippen molar-refractivity contribution in [3.05, 3.63) is 198 Å². The predicted molar refractivity (Wildman–Crippen MR) is 466 cm³/mol. The fourth-order valence-electron chi connectivity index (χ4n) is 17.0. The predicted octanol–water partition coefficient (Wildman–Crippen LogP) is 17.4. The number of likely N-dealkylation sites (tertiary alicyclic amines) is 4. The summed E-state index contributed by atoms with van der Waals surface area (Å²) in [7, 11) is 8.38. The van der Waals surface area contributed by atoms with E-state index >= 15 is 0 Å². The second kappa shape index (κ2) is 41.7. The number of ether oxygens (including phenoxy) is 4. The molecule has 9 heterocycles. The van der Waals surface area contributed by atoms with Gasteiger partial charge in [-0.1, -0.05) is 51.4 Å². The number of nitrogens with zero attached hydrogens (tertiary/aromatic N) is 6. The molecular weight excluding hydrogens is 1530 g/mol. The van der Waals surface area contributed by atoms with Gasteiger partial charge >= 0.3 is 0 Å². The standard InChI is InChI=1S/C34H39N3O5.2C21H22FNO3.C13H18N2O2.C7H15NO/c1-22-17-29-33(39)28-14-13-26(19-30(28)42-34(29)31(18-22)40-21-25-9-5-6-16-37(25)2)41-27-12-10-23(35-20-27)11-15-32(38)36-24-7-3-4-8-24;1-13-9-17-20(24)16-7-6-14(22)11-18(16)26-21(17)19(10-13)25-12-15-5-3-4-8-23(15)2;1-13-10-16-20(24)15-8-7-14(22)12-17(15)26-21(16)18(11-13)25-19-6-4-3-5-9-23(19)2;16-12-7-5-10(14-9-12)6-8-13(17)15-11-3-1-2-4-11;1-8-5-3-2-4-7(8)6-9/h10,12-14,17-20,24-25H,3-9,11,15-16,21H2,1-2H3,(H,36,38);6-7,9-11,15H,3-5,8,12H2,1-2H3;7-8,10-12,19H,3-6,9H2,1-2H3;5,7,9,11,16H,1-4,6,8H2,(H,15,17);7,9H,2-6H2,1H3. The van der Waals surface area contributed by atoms with Crippen LogP contribution in [0.4, 0.5) is 8.78 Å². The lowest BCUT2D eigenvalue weighted by atomic mass is 10.0. The van der Waals surface area contributed by atoms with Crippen LogP contribution in [0, 0.1) is 32.4 Å². The number of aryl methyl sites for hydroxylation is 5. The summed E-state index contributed by atoms with van der Waals surface area (Å²) in [5.74, 6) is 2.25. The molecule has 5 aromatic heterocycles. The van der Waals surface area contributed by atoms with Crippen molar-refractivity contribution in [2.45, 2.75) is 218 Å². The molecular formula is C96H116F2N8O14. The molecule has 24 heteroatoms. The molecule has 6 aromatic carbocycles. The van der Waals surface area contributed by atoms with Gasteiger partial charge < -0.3 is 67.7 Å². The molecule has 2 amide bonds. The Morgan fingerprint density at radius 2 is 0.842 bits per heavy atom. The summed E-state index contributed by atoms with van der Waals surface area (Å²) in [5, 5.41) is 26.8. The first-order valence-corrected chi connectivity index (χ1v) is 43.1. The third kappa shape index (κ3) is 23.2. The van der Waals surface area contributed by atoms with Crippen molar-refractivity contribution in [2.75, 3.05) is 74.2 Å². The van der Waals surface area contributed by atoms with Gasteiger partial charge in [0.1, 0.15) is 58.8 Å². The maximum absolute atomic E-state index is 13.6. The lowest BCUT2D eigenvalue weighted by molar-refractivity contribution is -0.122. The van der Waals surface area contributed by atoms with Crippen molar-refractivity contribution in [1.82, 2.24) is 40.2 Å². The number of aromatic nitrogens is 2. The van der Waals surface area contributed by atoms with E-state index in [1.807, 2.05) is 57.2 Å². The monoisotopic (exact) mass is 1640 g/mol. The smallest absolute Gasteiger partial charge is 0.220 e.